The van der Waals surface area contributed by atoms with E-state index in [2.05, 4.69) is 20.5 Å². The zero-order chi connectivity index (χ0) is 43.7. The number of likely N-dealkylation sites (tertiary alicyclic amines) is 1. The van der Waals surface area contributed by atoms with Gasteiger partial charge in [0, 0.05) is 43.2 Å². The van der Waals surface area contributed by atoms with Gasteiger partial charge in [-0.05, 0) is 125 Å². The molecule has 0 bridgehead atoms. The molecule has 12 nitrogen and oxygen atoms in total. The second kappa shape index (κ2) is 15.9. The van der Waals surface area contributed by atoms with Gasteiger partial charge in [-0.15, -0.1) is 11.3 Å². The molecule has 2 saturated carbocycles. The number of hydrogen-bond donors (Lipinski definition) is 3. The van der Waals surface area contributed by atoms with Gasteiger partial charge in [-0.3, -0.25) is 34.2 Å². The van der Waals surface area contributed by atoms with E-state index in [0.29, 0.717) is 57.5 Å². The Balaban J connectivity index is 0.735. The molecule has 5 heterocycles. The first-order valence-corrected chi connectivity index (χ1v) is 22.4. The predicted octanol–water partition coefficient (Wildman–Crippen LogP) is 7.60. The van der Waals surface area contributed by atoms with Crippen LogP contribution < -0.4 is 10.6 Å². The van der Waals surface area contributed by atoms with Crippen LogP contribution in [0.15, 0.2) is 48.5 Å². The maximum absolute atomic E-state index is 13.5. The summed E-state index contributed by atoms with van der Waals surface area (Å²) >= 11 is 1.55. The fraction of sp³-hybridized carbons (Fsp3) is 0.500. The van der Waals surface area contributed by atoms with Crippen LogP contribution in [0, 0.1) is 17.3 Å². The molecule has 2 aromatic heterocycles. The van der Waals surface area contributed by atoms with Crippen LogP contribution in [0.4, 0.5) is 18.9 Å². The first-order valence-electron chi connectivity index (χ1n) is 21.5. The van der Waals surface area contributed by atoms with Crippen molar-refractivity contribution in [2.45, 2.75) is 108 Å². The number of benzene rings is 2. The number of anilines is 1. The van der Waals surface area contributed by atoms with Gasteiger partial charge in [0.25, 0.3) is 17.7 Å². The number of rotatable bonds is 11. The van der Waals surface area contributed by atoms with Crippen molar-refractivity contribution in [2.24, 2.45) is 17.3 Å². The van der Waals surface area contributed by atoms with Crippen molar-refractivity contribution in [3.63, 3.8) is 0 Å². The normalized spacial score (nSPS) is 23.1. The van der Waals surface area contributed by atoms with Gasteiger partial charge < -0.3 is 15.3 Å². The monoisotopic (exact) mass is 870 g/mol. The van der Waals surface area contributed by atoms with E-state index in [9.17, 15) is 42.3 Å². The van der Waals surface area contributed by atoms with Gasteiger partial charge in [-0.25, -0.2) is 9.97 Å². The number of nitrogens with zero attached hydrogens (tertiary/aromatic N) is 4. The van der Waals surface area contributed by atoms with Crippen molar-refractivity contribution in [3.05, 3.63) is 87.2 Å². The SMILES string of the molecule is CC(C)(O)c1cc2nc(C3CCC(CN4CC5(CC(CCCc6cccc7c6C(=O)N(C6CCC(=O)NC6=O)C7=O)C5)C4)CC3)sc2cc1NC(=O)c1cccc(C(F)(F)F)n1. The number of aliphatic hydroxyl groups is 1. The van der Waals surface area contributed by atoms with Crippen LogP contribution in [-0.4, -0.2) is 80.1 Å². The Kier molecular flexibility index (Phi) is 10.9. The van der Waals surface area contributed by atoms with Gasteiger partial charge in [-0.2, -0.15) is 13.2 Å². The van der Waals surface area contributed by atoms with E-state index < -0.39 is 53.0 Å². The highest BCUT2D eigenvalue weighted by molar-refractivity contribution is 7.18. The molecular weight excluding hydrogens is 822 g/mol. The summed E-state index contributed by atoms with van der Waals surface area (Å²) in [6, 6.07) is 11.0. The van der Waals surface area contributed by atoms with Crippen molar-refractivity contribution in [3.8, 4) is 0 Å². The number of carbonyl (C=O) groups is 5. The number of fused-ring (bicyclic) bond motifs is 2. The van der Waals surface area contributed by atoms with E-state index >= 15 is 0 Å². The third kappa shape index (κ3) is 8.16. The van der Waals surface area contributed by atoms with Crippen LogP contribution in [-0.2, 0) is 27.8 Å². The van der Waals surface area contributed by atoms with Gasteiger partial charge in [0.1, 0.15) is 17.4 Å². The molecule has 3 aliphatic heterocycles. The molecule has 2 aliphatic carbocycles. The summed E-state index contributed by atoms with van der Waals surface area (Å²) in [5, 5.41) is 16.9. The molecule has 62 heavy (non-hydrogen) atoms. The average molecular weight is 871 g/mol. The number of alkyl halides is 3. The summed E-state index contributed by atoms with van der Waals surface area (Å²) < 4.78 is 40.6. The number of hydrogen-bond acceptors (Lipinski definition) is 10. The summed E-state index contributed by atoms with van der Waals surface area (Å²) in [7, 11) is 0. The number of amides is 5. The number of carbonyl (C=O) groups excluding carboxylic acids is 5. The third-order valence-corrected chi connectivity index (χ3v) is 14.8. The molecule has 3 N–H and O–H groups in total. The van der Waals surface area contributed by atoms with Crippen LogP contribution in [0.3, 0.4) is 0 Å². The first-order chi connectivity index (χ1) is 29.4. The fourth-order valence-corrected chi connectivity index (χ4v) is 11.8. The summed E-state index contributed by atoms with van der Waals surface area (Å²) in [5.74, 6) is -1.15. The minimum atomic E-state index is -4.69. The number of aryl methyl sites for hydroxylation is 1. The molecule has 2 saturated heterocycles. The lowest BCUT2D eigenvalue weighted by molar-refractivity contribution is -0.141. The highest BCUT2D eigenvalue weighted by Gasteiger charge is 2.52. The van der Waals surface area contributed by atoms with Crippen LogP contribution >= 0.6 is 11.3 Å². The molecule has 4 fully saturated rings. The maximum Gasteiger partial charge on any atom is 0.433 e. The molecule has 16 heteroatoms. The van der Waals surface area contributed by atoms with Crippen LogP contribution in [0.5, 0.6) is 0 Å². The number of thiazole rings is 1. The number of aromatic nitrogens is 2. The average Bonchev–Trinajstić information content (AvgIpc) is 3.73. The lowest BCUT2D eigenvalue weighted by atomic mass is 9.56. The minimum Gasteiger partial charge on any atom is -0.386 e. The molecule has 1 unspecified atom stereocenters. The molecule has 4 aromatic rings. The number of pyridine rings is 1. The zero-order valence-electron chi connectivity index (χ0n) is 34.6. The maximum atomic E-state index is 13.5. The smallest absolute Gasteiger partial charge is 0.386 e. The van der Waals surface area contributed by atoms with E-state index in [1.54, 1.807) is 49.4 Å². The molecule has 0 radical (unpaired) electrons. The number of imide groups is 2. The molecule has 5 amide bonds. The van der Waals surface area contributed by atoms with Crippen LogP contribution in [0.2, 0.25) is 0 Å². The van der Waals surface area contributed by atoms with E-state index in [0.717, 1.165) is 90.5 Å². The Hall–Kier alpha value is -5.06. The highest BCUT2D eigenvalue weighted by atomic mass is 32.1. The van der Waals surface area contributed by atoms with Crippen molar-refractivity contribution in [2.75, 3.05) is 25.0 Å². The summed E-state index contributed by atoms with van der Waals surface area (Å²) in [6.45, 7) is 6.53. The summed E-state index contributed by atoms with van der Waals surface area (Å²) in [5.41, 5.74) is 0.487. The number of piperidine rings is 1. The Morgan fingerprint density at radius 2 is 1.69 bits per heavy atom. The van der Waals surface area contributed by atoms with E-state index in [4.69, 9.17) is 4.98 Å². The molecule has 1 atom stereocenters. The Morgan fingerprint density at radius 1 is 0.952 bits per heavy atom. The molecule has 5 aliphatic rings. The molecular formula is C46H49F3N6O6S. The molecule has 1 spiro atoms. The molecule has 9 rings (SSSR count). The molecule has 326 valence electrons. The van der Waals surface area contributed by atoms with E-state index in [-0.39, 0.29) is 18.5 Å². The van der Waals surface area contributed by atoms with Crippen molar-refractivity contribution >= 4 is 56.8 Å². The van der Waals surface area contributed by atoms with Gasteiger partial charge in [0.15, 0.2) is 0 Å². The van der Waals surface area contributed by atoms with Gasteiger partial charge in [0.2, 0.25) is 11.8 Å². The lowest BCUT2D eigenvalue weighted by Crippen LogP contribution is -2.62. The van der Waals surface area contributed by atoms with Crippen molar-refractivity contribution < 1.29 is 42.3 Å². The minimum absolute atomic E-state index is 0.0916. The summed E-state index contributed by atoms with van der Waals surface area (Å²) in [6.07, 6.45) is 4.89. The largest absolute Gasteiger partial charge is 0.433 e. The predicted molar refractivity (Wildman–Crippen MR) is 224 cm³/mol. The lowest BCUT2D eigenvalue weighted by Gasteiger charge is -2.60. The Bertz CT molecular complexity index is 2480. The third-order valence-electron chi connectivity index (χ3n) is 13.6. The Labute approximate surface area is 360 Å². The number of nitrogens with one attached hydrogen (secondary N) is 2. The second-order valence-electron chi connectivity index (χ2n) is 18.7. The van der Waals surface area contributed by atoms with Gasteiger partial charge >= 0.3 is 6.18 Å². The highest BCUT2D eigenvalue weighted by Crippen LogP contribution is 2.54. The van der Waals surface area contributed by atoms with Gasteiger partial charge in [-0.1, -0.05) is 24.6 Å². The number of halogens is 3. The first kappa shape index (κ1) is 42.3. The van der Waals surface area contributed by atoms with Crippen LogP contribution in [0.1, 0.15) is 137 Å². The van der Waals surface area contributed by atoms with Crippen LogP contribution in [0.25, 0.3) is 10.2 Å². The quantitative estimate of drug-likeness (QED) is 0.129. The second-order valence-corrected chi connectivity index (χ2v) is 19.7. The van der Waals surface area contributed by atoms with Crippen molar-refractivity contribution in [1.29, 1.82) is 0 Å². The molecule has 2 aromatic carbocycles. The standard InChI is InChI=1S/C46H49F3N6O6S/c1-44(2,61)30-18-33-35(19-32(30)51-39(57)31-10-5-11-36(50-31)46(47,48)49)62-41(52-33)28-14-12-25(13-15-28)22-54-23-45(24-54)20-26(21-45)6-3-7-27-8-4-9-29-38(27)43(60)55(42(29)59)34-16-17-37(56)53-40(34)58/h4-5,8-11,18-19,25-26,28,34,61H,3,6-7,12-17,20-24H2,1-2H3,(H,51,57)(H,53,56,58). The topological polar surface area (TPSA) is 162 Å². The van der Waals surface area contributed by atoms with E-state index in [1.165, 1.54) is 18.9 Å². The summed E-state index contributed by atoms with van der Waals surface area (Å²) in [4.78, 5) is 76.0. The van der Waals surface area contributed by atoms with Crippen molar-refractivity contribution in [1.82, 2.24) is 25.1 Å². The van der Waals surface area contributed by atoms with Gasteiger partial charge in [0.05, 0.1) is 32.0 Å². The zero-order valence-corrected chi connectivity index (χ0v) is 35.5. The fourth-order valence-electron chi connectivity index (χ4n) is 10.7. The Morgan fingerprint density at radius 3 is 2.40 bits per heavy atom. The van der Waals surface area contributed by atoms with E-state index in [1.807, 2.05) is 6.07 Å².